The van der Waals surface area contributed by atoms with Crippen molar-refractivity contribution in [1.82, 2.24) is 5.32 Å². The minimum absolute atomic E-state index is 0.0102. The van der Waals surface area contributed by atoms with Gasteiger partial charge in [-0.05, 0) is 31.0 Å². The third-order valence-corrected chi connectivity index (χ3v) is 3.31. The van der Waals surface area contributed by atoms with Crippen molar-refractivity contribution in [2.45, 2.75) is 25.7 Å². The first kappa shape index (κ1) is 15.3. The molecule has 1 aromatic carbocycles. The Labute approximate surface area is 121 Å². The molecule has 0 aliphatic carbocycles. The fraction of sp³-hybridized carbons (Fsp3) is 0.462. The summed E-state index contributed by atoms with van der Waals surface area (Å²) in [7, 11) is 0. The van der Waals surface area contributed by atoms with Crippen LogP contribution in [0.5, 0.6) is 5.75 Å². The van der Waals surface area contributed by atoms with Gasteiger partial charge in [0.2, 0.25) is 0 Å². The van der Waals surface area contributed by atoms with E-state index in [1.165, 1.54) is 6.07 Å². The maximum Gasteiger partial charge on any atom is 0.255 e. The number of nitrogens with one attached hydrogen (secondary N) is 1. The van der Waals surface area contributed by atoms with Crippen LogP contribution in [0.4, 0.5) is 0 Å². The predicted molar refractivity (Wildman–Crippen MR) is 77.3 cm³/mol. The molecule has 0 bridgehead atoms. The van der Waals surface area contributed by atoms with Gasteiger partial charge in [-0.1, -0.05) is 28.8 Å². The standard InChI is InChI=1S/C13H17BrClNO2/c14-10-5-6-11(12(17)9-10)13(18)16-8-4-2-1-3-7-15/h5-6,9,17H,1-4,7-8H2,(H,16,18). The molecular weight excluding hydrogens is 318 g/mol. The summed E-state index contributed by atoms with van der Waals surface area (Å²) in [6, 6.07) is 4.84. The summed E-state index contributed by atoms with van der Waals surface area (Å²) in [4.78, 5) is 11.8. The lowest BCUT2D eigenvalue weighted by Crippen LogP contribution is -2.24. The van der Waals surface area contributed by atoms with Gasteiger partial charge in [-0.2, -0.15) is 0 Å². The zero-order chi connectivity index (χ0) is 13.4. The molecule has 0 unspecified atom stereocenters. The Hall–Kier alpha value is -0.740. The van der Waals surface area contributed by atoms with Crippen molar-refractivity contribution in [3.05, 3.63) is 28.2 Å². The lowest BCUT2D eigenvalue weighted by atomic mass is 10.1. The smallest absolute Gasteiger partial charge is 0.255 e. The van der Waals surface area contributed by atoms with Crippen molar-refractivity contribution >= 4 is 33.4 Å². The lowest BCUT2D eigenvalue weighted by molar-refractivity contribution is 0.0950. The van der Waals surface area contributed by atoms with Crippen molar-refractivity contribution in [2.75, 3.05) is 12.4 Å². The van der Waals surface area contributed by atoms with Gasteiger partial charge in [0.25, 0.3) is 5.91 Å². The van der Waals surface area contributed by atoms with Crippen LogP contribution in [-0.2, 0) is 0 Å². The molecule has 0 atom stereocenters. The summed E-state index contributed by atoms with van der Waals surface area (Å²) in [6.07, 6.45) is 4.09. The van der Waals surface area contributed by atoms with E-state index in [2.05, 4.69) is 21.2 Å². The number of alkyl halides is 1. The second kappa shape index (κ2) is 8.38. The Kier molecular flexibility index (Phi) is 7.13. The molecule has 1 rings (SSSR count). The Balaban J connectivity index is 2.32. The molecule has 0 aliphatic rings. The molecular formula is C13H17BrClNO2. The normalized spacial score (nSPS) is 10.3. The topological polar surface area (TPSA) is 49.3 Å². The average molecular weight is 335 g/mol. The third kappa shape index (κ3) is 5.27. The van der Waals surface area contributed by atoms with Crippen LogP contribution in [0.1, 0.15) is 36.0 Å². The minimum Gasteiger partial charge on any atom is -0.507 e. The number of halogens is 2. The second-order valence-electron chi connectivity index (χ2n) is 4.02. The fourth-order valence-corrected chi connectivity index (χ4v) is 2.10. The average Bonchev–Trinajstić information content (AvgIpc) is 2.33. The van der Waals surface area contributed by atoms with E-state index in [9.17, 15) is 9.90 Å². The number of amides is 1. The van der Waals surface area contributed by atoms with Crippen LogP contribution in [-0.4, -0.2) is 23.4 Å². The first-order valence-electron chi connectivity index (χ1n) is 5.98. The first-order chi connectivity index (χ1) is 8.65. The fourth-order valence-electron chi connectivity index (χ4n) is 1.57. The zero-order valence-electron chi connectivity index (χ0n) is 10.1. The van der Waals surface area contributed by atoms with E-state index in [-0.39, 0.29) is 11.7 Å². The van der Waals surface area contributed by atoms with Gasteiger partial charge in [0.15, 0.2) is 0 Å². The van der Waals surface area contributed by atoms with Gasteiger partial charge in [0, 0.05) is 16.9 Å². The molecule has 0 spiro atoms. The molecule has 0 fully saturated rings. The number of carbonyl (C=O) groups excluding carboxylic acids is 1. The predicted octanol–water partition coefficient (Wildman–Crippen LogP) is 3.68. The van der Waals surface area contributed by atoms with Crippen LogP contribution in [0.25, 0.3) is 0 Å². The van der Waals surface area contributed by atoms with E-state index in [0.717, 1.165) is 30.2 Å². The number of benzene rings is 1. The molecule has 5 heteroatoms. The van der Waals surface area contributed by atoms with Gasteiger partial charge in [-0.3, -0.25) is 4.79 Å². The van der Waals surface area contributed by atoms with Crippen LogP contribution < -0.4 is 5.32 Å². The number of hydrogen-bond acceptors (Lipinski definition) is 2. The van der Waals surface area contributed by atoms with Crippen molar-refractivity contribution in [3.63, 3.8) is 0 Å². The number of unbranched alkanes of at least 4 members (excludes halogenated alkanes) is 3. The van der Waals surface area contributed by atoms with Crippen molar-refractivity contribution < 1.29 is 9.90 Å². The number of carbonyl (C=O) groups is 1. The Morgan fingerprint density at radius 1 is 1.28 bits per heavy atom. The SMILES string of the molecule is O=C(NCCCCCCCl)c1ccc(Br)cc1O. The summed E-state index contributed by atoms with van der Waals surface area (Å²) in [5.41, 5.74) is 0.305. The molecule has 18 heavy (non-hydrogen) atoms. The largest absolute Gasteiger partial charge is 0.507 e. The third-order valence-electron chi connectivity index (χ3n) is 2.55. The molecule has 100 valence electrons. The van der Waals surface area contributed by atoms with Crippen LogP contribution >= 0.6 is 27.5 Å². The second-order valence-corrected chi connectivity index (χ2v) is 5.31. The van der Waals surface area contributed by atoms with Crippen molar-refractivity contribution in [2.24, 2.45) is 0 Å². The van der Waals surface area contributed by atoms with Gasteiger partial charge < -0.3 is 10.4 Å². The van der Waals surface area contributed by atoms with Gasteiger partial charge in [-0.15, -0.1) is 11.6 Å². The number of hydrogen-bond donors (Lipinski definition) is 2. The molecule has 0 radical (unpaired) electrons. The molecule has 0 aromatic heterocycles. The summed E-state index contributed by atoms with van der Waals surface area (Å²) < 4.78 is 0.748. The van der Waals surface area contributed by atoms with Gasteiger partial charge in [0.1, 0.15) is 5.75 Å². The summed E-state index contributed by atoms with van der Waals surface area (Å²) >= 11 is 8.80. The van der Waals surface area contributed by atoms with Gasteiger partial charge >= 0.3 is 0 Å². The Morgan fingerprint density at radius 2 is 2.00 bits per heavy atom. The molecule has 1 amide bonds. The Bertz CT molecular complexity index is 399. The summed E-state index contributed by atoms with van der Waals surface area (Å²) in [6.45, 7) is 0.622. The number of phenols is 1. The molecule has 3 nitrogen and oxygen atoms in total. The molecule has 0 heterocycles. The molecule has 2 N–H and O–H groups in total. The lowest BCUT2D eigenvalue weighted by Gasteiger charge is -2.07. The van der Waals surface area contributed by atoms with Crippen molar-refractivity contribution in [1.29, 1.82) is 0 Å². The van der Waals surface area contributed by atoms with E-state index in [1.54, 1.807) is 12.1 Å². The highest BCUT2D eigenvalue weighted by molar-refractivity contribution is 9.10. The van der Waals surface area contributed by atoms with E-state index in [0.29, 0.717) is 18.0 Å². The highest BCUT2D eigenvalue weighted by Crippen LogP contribution is 2.22. The van der Waals surface area contributed by atoms with Crippen molar-refractivity contribution in [3.8, 4) is 5.75 Å². The number of aromatic hydroxyl groups is 1. The van der Waals surface area contributed by atoms with E-state index in [4.69, 9.17) is 11.6 Å². The van der Waals surface area contributed by atoms with Crippen LogP contribution in [0.2, 0.25) is 0 Å². The van der Waals surface area contributed by atoms with E-state index >= 15 is 0 Å². The van der Waals surface area contributed by atoms with E-state index < -0.39 is 0 Å². The number of phenolic OH excluding ortho intramolecular Hbond substituents is 1. The highest BCUT2D eigenvalue weighted by Gasteiger charge is 2.10. The summed E-state index contributed by atoms with van der Waals surface area (Å²) in [5.74, 6) is 0.445. The molecule has 1 aromatic rings. The quantitative estimate of drug-likeness (QED) is 0.590. The maximum atomic E-state index is 11.8. The monoisotopic (exact) mass is 333 g/mol. The highest BCUT2D eigenvalue weighted by atomic mass is 79.9. The maximum absolute atomic E-state index is 11.8. The van der Waals surface area contributed by atoms with Crippen LogP contribution in [0.15, 0.2) is 22.7 Å². The molecule has 0 saturated carbocycles. The number of rotatable bonds is 7. The van der Waals surface area contributed by atoms with Crippen LogP contribution in [0, 0.1) is 0 Å². The van der Waals surface area contributed by atoms with Crippen LogP contribution in [0.3, 0.4) is 0 Å². The zero-order valence-corrected chi connectivity index (χ0v) is 12.4. The molecule has 0 saturated heterocycles. The van der Waals surface area contributed by atoms with Gasteiger partial charge in [-0.25, -0.2) is 0 Å². The first-order valence-corrected chi connectivity index (χ1v) is 7.30. The molecule has 0 aliphatic heterocycles. The Morgan fingerprint density at radius 3 is 2.67 bits per heavy atom. The summed E-state index contributed by atoms with van der Waals surface area (Å²) in [5, 5.41) is 12.4. The minimum atomic E-state index is -0.239. The van der Waals surface area contributed by atoms with E-state index in [1.807, 2.05) is 0 Å². The van der Waals surface area contributed by atoms with Gasteiger partial charge in [0.05, 0.1) is 5.56 Å².